The average molecular weight is 266 g/mol. The Balaban J connectivity index is 1.91. The molecule has 100 valence electrons. The summed E-state index contributed by atoms with van der Waals surface area (Å²) < 4.78 is 5.52. The zero-order chi connectivity index (χ0) is 14.1. The van der Waals surface area contributed by atoms with Crippen LogP contribution in [0.1, 0.15) is 21.8 Å². The van der Waals surface area contributed by atoms with Crippen molar-refractivity contribution in [1.29, 1.82) is 0 Å². The van der Waals surface area contributed by atoms with E-state index in [-0.39, 0.29) is 11.7 Å². The van der Waals surface area contributed by atoms with Gasteiger partial charge in [0.05, 0.1) is 0 Å². The average Bonchev–Trinajstić information content (AvgIpc) is 2.84. The van der Waals surface area contributed by atoms with Crippen LogP contribution >= 0.6 is 0 Å². The fourth-order valence-electron chi connectivity index (χ4n) is 2.03. The largest absolute Gasteiger partial charge is 0.449 e. The predicted molar refractivity (Wildman–Crippen MR) is 77.9 cm³/mol. The molecular formula is C16H14N2O2. The molecule has 0 bridgehead atoms. The molecule has 0 saturated heterocycles. The number of pyridine rings is 1. The number of para-hydroxylation sites is 1. The smallest absolute Gasteiger partial charge is 0.291 e. The van der Waals surface area contributed by atoms with Crippen LogP contribution in [0.15, 0.2) is 46.9 Å². The van der Waals surface area contributed by atoms with E-state index in [1.807, 2.05) is 50.2 Å². The summed E-state index contributed by atoms with van der Waals surface area (Å²) in [5, 5.41) is 2.84. The van der Waals surface area contributed by atoms with E-state index in [0.29, 0.717) is 11.1 Å². The molecule has 2 aromatic heterocycles. The van der Waals surface area contributed by atoms with Crippen LogP contribution in [0.2, 0.25) is 0 Å². The van der Waals surface area contributed by atoms with Crippen molar-refractivity contribution in [2.75, 3.05) is 5.32 Å². The SMILES string of the molecule is Cc1ccc2oc(C(=O)Nc3ccccc3C)cc2n1. The van der Waals surface area contributed by atoms with Crippen molar-refractivity contribution in [3.63, 3.8) is 0 Å². The third kappa shape index (κ3) is 2.28. The topological polar surface area (TPSA) is 55.1 Å². The number of nitrogens with one attached hydrogen (secondary N) is 1. The van der Waals surface area contributed by atoms with Crippen molar-refractivity contribution < 1.29 is 9.21 Å². The summed E-state index contributed by atoms with van der Waals surface area (Å²) in [4.78, 5) is 16.5. The van der Waals surface area contributed by atoms with Gasteiger partial charge in [0.2, 0.25) is 0 Å². The van der Waals surface area contributed by atoms with E-state index in [1.54, 1.807) is 6.07 Å². The molecule has 2 heterocycles. The van der Waals surface area contributed by atoms with Crippen molar-refractivity contribution in [2.45, 2.75) is 13.8 Å². The standard InChI is InChI=1S/C16H14N2O2/c1-10-5-3-4-6-12(10)18-16(19)15-9-13-14(20-15)8-7-11(2)17-13/h3-9H,1-2H3,(H,18,19). The molecule has 0 atom stereocenters. The van der Waals surface area contributed by atoms with Crippen LogP contribution in [0.5, 0.6) is 0 Å². The zero-order valence-corrected chi connectivity index (χ0v) is 11.3. The Morgan fingerprint density at radius 3 is 2.75 bits per heavy atom. The first kappa shape index (κ1) is 12.4. The van der Waals surface area contributed by atoms with E-state index in [9.17, 15) is 4.79 Å². The lowest BCUT2D eigenvalue weighted by molar-refractivity contribution is 0.0998. The van der Waals surface area contributed by atoms with Gasteiger partial charge in [-0.1, -0.05) is 18.2 Å². The summed E-state index contributed by atoms with van der Waals surface area (Å²) >= 11 is 0. The number of hydrogen-bond donors (Lipinski definition) is 1. The van der Waals surface area contributed by atoms with Crippen LogP contribution in [0, 0.1) is 13.8 Å². The molecule has 0 unspecified atom stereocenters. The number of furan rings is 1. The second-order valence-corrected chi connectivity index (χ2v) is 4.72. The summed E-state index contributed by atoms with van der Waals surface area (Å²) in [6.07, 6.45) is 0. The number of rotatable bonds is 2. The highest BCUT2D eigenvalue weighted by Gasteiger charge is 2.13. The molecule has 0 aliphatic rings. The molecule has 4 nitrogen and oxygen atoms in total. The number of carbonyl (C=O) groups is 1. The molecule has 4 heteroatoms. The molecule has 3 aromatic rings. The van der Waals surface area contributed by atoms with Crippen LogP contribution in [-0.2, 0) is 0 Å². The predicted octanol–water partition coefficient (Wildman–Crippen LogP) is 3.70. The van der Waals surface area contributed by atoms with Gasteiger partial charge in [-0.2, -0.15) is 0 Å². The Bertz CT molecular complexity index is 790. The van der Waals surface area contributed by atoms with Crippen LogP contribution in [0.25, 0.3) is 11.1 Å². The van der Waals surface area contributed by atoms with E-state index in [2.05, 4.69) is 10.3 Å². The van der Waals surface area contributed by atoms with Gasteiger partial charge in [0.1, 0.15) is 5.52 Å². The van der Waals surface area contributed by atoms with Crippen molar-refractivity contribution in [2.24, 2.45) is 0 Å². The number of amides is 1. The number of hydrogen-bond acceptors (Lipinski definition) is 3. The Hall–Kier alpha value is -2.62. The molecule has 0 aliphatic carbocycles. The van der Waals surface area contributed by atoms with Crippen molar-refractivity contribution in [1.82, 2.24) is 4.98 Å². The highest BCUT2D eigenvalue weighted by Crippen LogP contribution is 2.20. The van der Waals surface area contributed by atoms with E-state index < -0.39 is 0 Å². The number of fused-ring (bicyclic) bond motifs is 1. The highest BCUT2D eigenvalue weighted by molar-refractivity contribution is 6.04. The first-order valence-electron chi connectivity index (χ1n) is 6.37. The summed E-state index contributed by atoms with van der Waals surface area (Å²) in [7, 11) is 0. The molecule has 0 radical (unpaired) electrons. The molecular weight excluding hydrogens is 252 g/mol. The third-order valence-corrected chi connectivity index (χ3v) is 3.13. The maximum Gasteiger partial charge on any atom is 0.291 e. The molecule has 0 saturated carbocycles. The maximum absolute atomic E-state index is 12.2. The van der Waals surface area contributed by atoms with Crippen LogP contribution in [0.3, 0.4) is 0 Å². The number of aryl methyl sites for hydroxylation is 2. The number of carbonyl (C=O) groups excluding carboxylic acids is 1. The first-order valence-corrected chi connectivity index (χ1v) is 6.37. The Labute approximate surface area is 116 Å². The van der Waals surface area contributed by atoms with Crippen LogP contribution in [0.4, 0.5) is 5.69 Å². The number of anilines is 1. The highest BCUT2D eigenvalue weighted by atomic mass is 16.3. The van der Waals surface area contributed by atoms with Gasteiger partial charge in [-0.15, -0.1) is 0 Å². The number of aromatic nitrogens is 1. The minimum atomic E-state index is -0.269. The van der Waals surface area contributed by atoms with Gasteiger partial charge < -0.3 is 9.73 Å². The zero-order valence-electron chi connectivity index (χ0n) is 11.3. The van der Waals surface area contributed by atoms with Gasteiger partial charge in [0, 0.05) is 17.4 Å². The fourth-order valence-corrected chi connectivity index (χ4v) is 2.03. The van der Waals surface area contributed by atoms with Gasteiger partial charge in [0.15, 0.2) is 11.3 Å². The van der Waals surface area contributed by atoms with Crippen LogP contribution in [-0.4, -0.2) is 10.9 Å². The second-order valence-electron chi connectivity index (χ2n) is 4.72. The molecule has 1 aromatic carbocycles. The Morgan fingerprint density at radius 1 is 1.15 bits per heavy atom. The van der Waals surface area contributed by atoms with Crippen molar-refractivity contribution >= 4 is 22.7 Å². The quantitative estimate of drug-likeness (QED) is 0.769. The molecule has 1 N–H and O–H groups in total. The summed E-state index contributed by atoms with van der Waals surface area (Å²) in [6, 6.07) is 13.0. The van der Waals surface area contributed by atoms with Crippen molar-refractivity contribution in [3.8, 4) is 0 Å². The molecule has 0 spiro atoms. The van der Waals surface area contributed by atoms with Gasteiger partial charge >= 0.3 is 0 Å². The summed E-state index contributed by atoms with van der Waals surface area (Å²) in [5.41, 5.74) is 3.99. The lowest BCUT2D eigenvalue weighted by atomic mass is 10.2. The molecule has 3 rings (SSSR count). The molecule has 0 fully saturated rings. The van der Waals surface area contributed by atoms with Gasteiger partial charge in [0.25, 0.3) is 5.91 Å². The Kier molecular flexibility index (Phi) is 2.99. The van der Waals surface area contributed by atoms with Gasteiger partial charge in [-0.25, -0.2) is 4.98 Å². The maximum atomic E-state index is 12.2. The minimum Gasteiger partial charge on any atom is -0.449 e. The molecule has 20 heavy (non-hydrogen) atoms. The lowest BCUT2D eigenvalue weighted by Crippen LogP contribution is -2.11. The molecule has 1 amide bonds. The fraction of sp³-hybridized carbons (Fsp3) is 0.125. The normalized spacial score (nSPS) is 10.7. The Morgan fingerprint density at radius 2 is 1.95 bits per heavy atom. The van der Waals surface area contributed by atoms with E-state index in [0.717, 1.165) is 16.9 Å². The lowest BCUT2D eigenvalue weighted by Gasteiger charge is -2.05. The number of benzene rings is 1. The van der Waals surface area contributed by atoms with Gasteiger partial charge in [-0.05, 0) is 37.6 Å². The summed E-state index contributed by atoms with van der Waals surface area (Å²) in [6.45, 7) is 3.85. The third-order valence-electron chi connectivity index (χ3n) is 3.13. The minimum absolute atomic E-state index is 0.265. The van der Waals surface area contributed by atoms with Gasteiger partial charge in [-0.3, -0.25) is 4.79 Å². The van der Waals surface area contributed by atoms with Crippen molar-refractivity contribution in [3.05, 3.63) is 59.5 Å². The van der Waals surface area contributed by atoms with E-state index in [4.69, 9.17) is 4.42 Å². The second kappa shape index (κ2) is 4.81. The monoisotopic (exact) mass is 266 g/mol. The van der Waals surface area contributed by atoms with Crippen LogP contribution < -0.4 is 5.32 Å². The van der Waals surface area contributed by atoms with E-state index in [1.165, 1.54) is 0 Å². The molecule has 0 aliphatic heterocycles. The van der Waals surface area contributed by atoms with E-state index >= 15 is 0 Å². The number of nitrogens with zero attached hydrogens (tertiary/aromatic N) is 1. The summed E-state index contributed by atoms with van der Waals surface area (Å²) in [5.74, 6) is -0.00342. The first-order chi connectivity index (χ1) is 9.63.